The summed E-state index contributed by atoms with van der Waals surface area (Å²) >= 11 is 0. The molecule has 0 spiro atoms. The molecule has 0 atom stereocenters. The molecule has 7 nitrogen and oxygen atoms in total. The lowest BCUT2D eigenvalue weighted by Crippen LogP contribution is -2.45. The molecule has 3 N–H and O–H groups in total. The lowest BCUT2D eigenvalue weighted by molar-refractivity contribution is -0.0369. The SMILES string of the molecule is C1CNC2=C(N1)NC1=C(CC3=C(OCCO3)O1)O2. The Bertz CT molecular complexity index is 411. The molecule has 0 radical (unpaired) electrons. The normalized spacial score (nSPS) is 24.9. The number of rotatable bonds is 0. The van der Waals surface area contributed by atoms with Crippen molar-refractivity contribution >= 4 is 0 Å². The summed E-state index contributed by atoms with van der Waals surface area (Å²) in [4.78, 5) is 0. The topological polar surface area (TPSA) is 73.0 Å². The summed E-state index contributed by atoms with van der Waals surface area (Å²) in [5, 5.41) is 9.54. The van der Waals surface area contributed by atoms with Crippen molar-refractivity contribution in [2.45, 2.75) is 6.42 Å². The Morgan fingerprint density at radius 1 is 0.833 bits per heavy atom. The van der Waals surface area contributed by atoms with E-state index in [-0.39, 0.29) is 0 Å². The van der Waals surface area contributed by atoms with Crippen molar-refractivity contribution in [3.8, 4) is 0 Å². The predicted octanol–water partition coefficient (Wildman–Crippen LogP) is -0.269. The first-order chi connectivity index (χ1) is 8.90. The fourth-order valence-corrected chi connectivity index (χ4v) is 2.16. The van der Waals surface area contributed by atoms with Gasteiger partial charge in [-0.05, 0) is 0 Å². The molecule has 18 heavy (non-hydrogen) atoms. The summed E-state index contributed by atoms with van der Waals surface area (Å²) in [5.74, 6) is 3.88. The first-order valence-corrected chi connectivity index (χ1v) is 5.97. The third-order valence-electron chi connectivity index (χ3n) is 2.99. The van der Waals surface area contributed by atoms with Gasteiger partial charge in [0.05, 0.1) is 6.42 Å². The second-order valence-corrected chi connectivity index (χ2v) is 4.22. The van der Waals surface area contributed by atoms with E-state index in [0.717, 1.165) is 18.9 Å². The zero-order chi connectivity index (χ0) is 11.9. The van der Waals surface area contributed by atoms with E-state index in [1.807, 2.05) is 0 Å². The summed E-state index contributed by atoms with van der Waals surface area (Å²) < 4.78 is 22.3. The van der Waals surface area contributed by atoms with E-state index in [1.54, 1.807) is 0 Å². The van der Waals surface area contributed by atoms with Crippen LogP contribution in [0.25, 0.3) is 0 Å². The van der Waals surface area contributed by atoms with E-state index in [4.69, 9.17) is 18.9 Å². The molecule has 0 aliphatic carbocycles. The third-order valence-corrected chi connectivity index (χ3v) is 2.99. The van der Waals surface area contributed by atoms with Gasteiger partial charge < -0.3 is 34.9 Å². The van der Waals surface area contributed by atoms with E-state index < -0.39 is 0 Å². The Morgan fingerprint density at radius 2 is 1.72 bits per heavy atom. The molecule has 0 fully saturated rings. The summed E-state index contributed by atoms with van der Waals surface area (Å²) in [6.07, 6.45) is 0.538. The molecule has 4 aliphatic rings. The fourth-order valence-electron chi connectivity index (χ4n) is 2.16. The van der Waals surface area contributed by atoms with Crippen LogP contribution in [-0.4, -0.2) is 26.3 Å². The van der Waals surface area contributed by atoms with Crippen molar-refractivity contribution in [2.24, 2.45) is 0 Å². The van der Waals surface area contributed by atoms with Gasteiger partial charge in [0.25, 0.3) is 0 Å². The van der Waals surface area contributed by atoms with Gasteiger partial charge >= 0.3 is 5.95 Å². The lowest BCUT2D eigenvalue weighted by atomic mass is 10.2. The highest BCUT2D eigenvalue weighted by atomic mass is 16.7. The van der Waals surface area contributed by atoms with E-state index in [1.165, 1.54) is 0 Å². The van der Waals surface area contributed by atoms with Crippen molar-refractivity contribution in [2.75, 3.05) is 26.3 Å². The summed E-state index contributed by atoms with van der Waals surface area (Å²) in [5.41, 5.74) is 0. The summed E-state index contributed by atoms with van der Waals surface area (Å²) in [6, 6.07) is 0. The molecule has 96 valence electrons. The van der Waals surface area contributed by atoms with Crippen LogP contribution in [0.5, 0.6) is 0 Å². The number of nitrogens with one attached hydrogen (secondary N) is 3. The van der Waals surface area contributed by atoms with Crippen LogP contribution >= 0.6 is 0 Å². The highest BCUT2D eigenvalue weighted by Gasteiger charge is 2.34. The Labute approximate surface area is 103 Å². The standard InChI is InChI=1S/C11H13N3O4/c1-2-13-10-8(12-1)14-9-6(17-10)5-7-11(18-9)16-4-3-15-7/h12-14H,1-5H2. The van der Waals surface area contributed by atoms with Gasteiger partial charge in [-0.15, -0.1) is 0 Å². The van der Waals surface area contributed by atoms with E-state index >= 15 is 0 Å². The summed E-state index contributed by atoms with van der Waals surface area (Å²) in [7, 11) is 0. The summed E-state index contributed by atoms with van der Waals surface area (Å²) in [6.45, 7) is 2.73. The minimum absolute atomic E-state index is 0.434. The maximum absolute atomic E-state index is 5.77. The molecule has 0 unspecified atom stereocenters. The van der Waals surface area contributed by atoms with Gasteiger partial charge in [-0.3, -0.25) is 0 Å². The molecule has 4 aliphatic heterocycles. The van der Waals surface area contributed by atoms with Gasteiger partial charge in [-0.2, -0.15) is 0 Å². The second kappa shape index (κ2) is 3.66. The molecule has 0 aromatic carbocycles. The minimum Gasteiger partial charge on any atom is -0.487 e. The van der Waals surface area contributed by atoms with Crippen LogP contribution in [0.1, 0.15) is 6.42 Å². The van der Waals surface area contributed by atoms with Gasteiger partial charge in [-0.1, -0.05) is 0 Å². The molecule has 0 bridgehead atoms. The average Bonchev–Trinajstić information content (AvgIpc) is 2.42. The molecular weight excluding hydrogens is 238 g/mol. The molecular formula is C11H13N3O4. The predicted molar refractivity (Wildman–Crippen MR) is 58.9 cm³/mol. The van der Waals surface area contributed by atoms with Crippen molar-refractivity contribution in [1.29, 1.82) is 0 Å². The highest BCUT2D eigenvalue weighted by molar-refractivity contribution is 5.26. The molecule has 4 rings (SSSR count). The van der Waals surface area contributed by atoms with Gasteiger partial charge in [0.2, 0.25) is 11.8 Å². The van der Waals surface area contributed by atoms with Crippen LogP contribution in [0.15, 0.2) is 35.1 Å². The van der Waals surface area contributed by atoms with Crippen molar-refractivity contribution in [3.63, 3.8) is 0 Å². The quantitative estimate of drug-likeness (QED) is 0.547. The van der Waals surface area contributed by atoms with Crippen LogP contribution in [0.2, 0.25) is 0 Å². The molecule has 0 amide bonds. The smallest absolute Gasteiger partial charge is 0.326 e. The Hall–Kier alpha value is -2.18. The van der Waals surface area contributed by atoms with Gasteiger partial charge in [0, 0.05) is 13.1 Å². The Balaban J connectivity index is 1.58. The Morgan fingerprint density at radius 3 is 2.72 bits per heavy atom. The zero-order valence-corrected chi connectivity index (χ0v) is 9.67. The molecule has 4 heterocycles. The molecule has 7 heteroatoms. The van der Waals surface area contributed by atoms with E-state index in [0.29, 0.717) is 48.9 Å². The van der Waals surface area contributed by atoms with Gasteiger partial charge in [-0.25, -0.2) is 0 Å². The maximum Gasteiger partial charge on any atom is 0.326 e. The highest BCUT2D eigenvalue weighted by Crippen LogP contribution is 2.34. The molecule has 0 saturated heterocycles. The fraction of sp³-hybridized carbons (Fsp3) is 0.455. The van der Waals surface area contributed by atoms with Crippen molar-refractivity contribution < 1.29 is 18.9 Å². The van der Waals surface area contributed by atoms with Crippen LogP contribution in [-0.2, 0) is 18.9 Å². The maximum atomic E-state index is 5.77. The van der Waals surface area contributed by atoms with Crippen LogP contribution in [0, 0.1) is 0 Å². The van der Waals surface area contributed by atoms with Crippen LogP contribution in [0.4, 0.5) is 0 Å². The molecule has 0 aromatic heterocycles. The van der Waals surface area contributed by atoms with E-state index in [2.05, 4.69) is 16.0 Å². The van der Waals surface area contributed by atoms with Gasteiger partial charge in [0.1, 0.15) is 13.2 Å². The minimum atomic E-state index is 0.434. The second-order valence-electron chi connectivity index (χ2n) is 4.22. The van der Waals surface area contributed by atoms with Crippen molar-refractivity contribution in [1.82, 2.24) is 16.0 Å². The lowest BCUT2D eigenvalue weighted by Gasteiger charge is -2.34. The molecule has 0 aromatic rings. The average molecular weight is 251 g/mol. The van der Waals surface area contributed by atoms with E-state index in [9.17, 15) is 0 Å². The third kappa shape index (κ3) is 1.43. The van der Waals surface area contributed by atoms with Crippen LogP contribution < -0.4 is 16.0 Å². The monoisotopic (exact) mass is 251 g/mol. The Kier molecular flexibility index (Phi) is 1.99. The van der Waals surface area contributed by atoms with Gasteiger partial charge in [0.15, 0.2) is 17.3 Å². The van der Waals surface area contributed by atoms with Crippen molar-refractivity contribution in [3.05, 3.63) is 35.1 Å². The number of hydrogen-bond acceptors (Lipinski definition) is 7. The first kappa shape index (κ1) is 9.81. The first-order valence-electron chi connectivity index (χ1n) is 5.97. The molecule has 0 saturated carbocycles. The number of ether oxygens (including phenoxy) is 4. The number of hydrogen-bond donors (Lipinski definition) is 3. The zero-order valence-electron chi connectivity index (χ0n) is 9.67. The van der Waals surface area contributed by atoms with Crippen LogP contribution in [0.3, 0.4) is 0 Å². The largest absolute Gasteiger partial charge is 0.487 e.